The molecule has 1 heterocycles. The standard InChI is InChI=1S/C17H24N6O2/c1-4-11(2)15(18)17(25)22-14-7-5-13(6-8-14)21-16(24)12(3)23-10-19-9-20-23/h5-12,15H,4,18H2,1-3H3,(H,21,24)(H,22,25). The summed E-state index contributed by atoms with van der Waals surface area (Å²) in [5.41, 5.74) is 7.17. The minimum absolute atomic E-state index is 0.108. The maximum Gasteiger partial charge on any atom is 0.249 e. The lowest BCUT2D eigenvalue weighted by atomic mass is 9.99. The number of amides is 2. The van der Waals surface area contributed by atoms with Crippen LogP contribution in [-0.2, 0) is 9.59 Å². The zero-order valence-corrected chi connectivity index (χ0v) is 14.6. The number of aromatic nitrogens is 3. The Kier molecular flexibility index (Phi) is 6.24. The highest BCUT2D eigenvalue weighted by Crippen LogP contribution is 2.16. The fraction of sp³-hybridized carbons (Fsp3) is 0.412. The van der Waals surface area contributed by atoms with E-state index < -0.39 is 12.1 Å². The molecule has 8 nitrogen and oxygen atoms in total. The maximum absolute atomic E-state index is 12.2. The van der Waals surface area contributed by atoms with Crippen LogP contribution in [0.3, 0.4) is 0 Å². The summed E-state index contributed by atoms with van der Waals surface area (Å²) >= 11 is 0. The lowest BCUT2D eigenvalue weighted by molar-refractivity contribution is -0.119. The molecule has 8 heteroatoms. The van der Waals surface area contributed by atoms with Crippen molar-refractivity contribution in [1.82, 2.24) is 14.8 Å². The first-order chi connectivity index (χ1) is 11.9. The average molecular weight is 344 g/mol. The van der Waals surface area contributed by atoms with E-state index in [4.69, 9.17) is 5.73 Å². The van der Waals surface area contributed by atoms with E-state index in [1.165, 1.54) is 17.3 Å². The predicted octanol–water partition coefficient (Wildman–Crippen LogP) is 1.79. The molecule has 0 saturated carbocycles. The van der Waals surface area contributed by atoms with Crippen LogP contribution in [0.15, 0.2) is 36.9 Å². The maximum atomic E-state index is 12.2. The van der Waals surface area contributed by atoms with Gasteiger partial charge in [0.1, 0.15) is 18.7 Å². The first-order valence-corrected chi connectivity index (χ1v) is 8.23. The number of benzene rings is 1. The second kappa shape index (κ2) is 8.39. The second-order valence-electron chi connectivity index (χ2n) is 6.02. The summed E-state index contributed by atoms with van der Waals surface area (Å²) in [6, 6.07) is 5.85. The molecule has 0 radical (unpaired) electrons. The molecule has 3 atom stereocenters. The van der Waals surface area contributed by atoms with Crippen molar-refractivity contribution in [2.45, 2.75) is 39.3 Å². The highest BCUT2D eigenvalue weighted by Gasteiger charge is 2.19. The van der Waals surface area contributed by atoms with Gasteiger partial charge in [0.15, 0.2) is 0 Å². The van der Waals surface area contributed by atoms with Crippen molar-refractivity contribution in [3.8, 4) is 0 Å². The van der Waals surface area contributed by atoms with E-state index in [1.807, 2.05) is 13.8 Å². The Morgan fingerprint density at radius 2 is 1.68 bits per heavy atom. The highest BCUT2D eigenvalue weighted by molar-refractivity contribution is 5.96. The van der Waals surface area contributed by atoms with Crippen LogP contribution in [0.2, 0.25) is 0 Å². The van der Waals surface area contributed by atoms with Crippen molar-refractivity contribution < 1.29 is 9.59 Å². The Morgan fingerprint density at radius 3 is 2.16 bits per heavy atom. The number of carbonyl (C=O) groups is 2. The molecule has 25 heavy (non-hydrogen) atoms. The normalized spacial score (nSPS) is 14.4. The molecule has 134 valence electrons. The number of hydrogen-bond donors (Lipinski definition) is 3. The van der Waals surface area contributed by atoms with E-state index in [9.17, 15) is 9.59 Å². The van der Waals surface area contributed by atoms with Gasteiger partial charge in [-0.25, -0.2) is 9.67 Å². The molecule has 0 fully saturated rings. The average Bonchev–Trinajstić information content (AvgIpc) is 3.15. The number of carbonyl (C=O) groups excluding carboxylic acids is 2. The topological polar surface area (TPSA) is 115 Å². The fourth-order valence-corrected chi connectivity index (χ4v) is 2.16. The van der Waals surface area contributed by atoms with Crippen LogP contribution in [0.5, 0.6) is 0 Å². The van der Waals surface area contributed by atoms with Gasteiger partial charge < -0.3 is 16.4 Å². The van der Waals surface area contributed by atoms with E-state index in [-0.39, 0.29) is 17.7 Å². The van der Waals surface area contributed by atoms with Gasteiger partial charge in [-0.15, -0.1) is 0 Å². The minimum Gasteiger partial charge on any atom is -0.325 e. The minimum atomic E-state index is -0.548. The molecule has 0 aliphatic heterocycles. The van der Waals surface area contributed by atoms with E-state index in [1.54, 1.807) is 31.2 Å². The van der Waals surface area contributed by atoms with Gasteiger partial charge in [-0.2, -0.15) is 5.10 Å². The SMILES string of the molecule is CCC(C)C(N)C(=O)Nc1ccc(NC(=O)C(C)n2cncn2)cc1. The first-order valence-electron chi connectivity index (χ1n) is 8.23. The molecule has 1 aromatic heterocycles. The first kappa shape index (κ1) is 18.6. The number of nitrogens with one attached hydrogen (secondary N) is 2. The summed E-state index contributed by atoms with van der Waals surface area (Å²) in [5.74, 6) is -0.316. The number of hydrogen-bond acceptors (Lipinski definition) is 5. The molecule has 2 amide bonds. The van der Waals surface area contributed by atoms with Crippen LogP contribution in [0.1, 0.15) is 33.2 Å². The molecular weight excluding hydrogens is 320 g/mol. The third-order valence-electron chi connectivity index (χ3n) is 4.19. The molecule has 0 aliphatic carbocycles. The van der Waals surface area contributed by atoms with Crippen molar-refractivity contribution in [3.63, 3.8) is 0 Å². The Hall–Kier alpha value is -2.74. The number of nitrogens with two attached hydrogens (primary N) is 1. The number of nitrogens with zero attached hydrogens (tertiary/aromatic N) is 3. The number of anilines is 2. The van der Waals surface area contributed by atoms with Gasteiger partial charge in [0.25, 0.3) is 0 Å². The summed E-state index contributed by atoms with van der Waals surface area (Å²) in [6.45, 7) is 5.67. The highest BCUT2D eigenvalue weighted by atomic mass is 16.2. The molecule has 1 aromatic carbocycles. The lowest BCUT2D eigenvalue weighted by Gasteiger charge is -2.18. The molecule has 0 aliphatic rings. The van der Waals surface area contributed by atoms with Crippen molar-refractivity contribution in [2.75, 3.05) is 10.6 Å². The van der Waals surface area contributed by atoms with Crippen molar-refractivity contribution in [1.29, 1.82) is 0 Å². The van der Waals surface area contributed by atoms with Gasteiger partial charge in [-0.3, -0.25) is 9.59 Å². The largest absolute Gasteiger partial charge is 0.325 e. The zero-order valence-electron chi connectivity index (χ0n) is 14.6. The smallest absolute Gasteiger partial charge is 0.249 e. The second-order valence-corrected chi connectivity index (χ2v) is 6.02. The Bertz CT molecular complexity index is 698. The Labute approximate surface area is 146 Å². The summed E-state index contributed by atoms with van der Waals surface area (Å²) < 4.78 is 1.47. The predicted molar refractivity (Wildman–Crippen MR) is 95.9 cm³/mol. The van der Waals surface area contributed by atoms with Crippen molar-refractivity contribution in [3.05, 3.63) is 36.9 Å². The monoisotopic (exact) mass is 344 g/mol. The summed E-state index contributed by atoms with van der Waals surface area (Å²) in [5, 5.41) is 9.53. The van der Waals surface area contributed by atoms with E-state index in [2.05, 4.69) is 20.7 Å². The summed E-state index contributed by atoms with van der Waals surface area (Å²) in [7, 11) is 0. The van der Waals surface area contributed by atoms with Crippen LogP contribution in [0.4, 0.5) is 11.4 Å². The van der Waals surface area contributed by atoms with Crippen LogP contribution >= 0.6 is 0 Å². The van der Waals surface area contributed by atoms with Crippen LogP contribution in [0, 0.1) is 5.92 Å². The quantitative estimate of drug-likeness (QED) is 0.708. The van der Waals surface area contributed by atoms with Gasteiger partial charge in [0.05, 0.1) is 6.04 Å². The third kappa shape index (κ3) is 4.87. The van der Waals surface area contributed by atoms with Gasteiger partial charge in [-0.05, 0) is 37.1 Å². The molecule has 4 N–H and O–H groups in total. The molecule has 3 unspecified atom stereocenters. The van der Waals surface area contributed by atoms with Gasteiger partial charge in [0, 0.05) is 11.4 Å². The zero-order chi connectivity index (χ0) is 18.4. The van der Waals surface area contributed by atoms with E-state index in [0.29, 0.717) is 11.4 Å². The molecule has 0 saturated heterocycles. The van der Waals surface area contributed by atoms with E-state index in [0.717, 1.165) is 6.42 Å². The van der Waals surface area contributed by atoms with Crippen molar-refractivity contribution >= 4 is 23.2 Å². The lowest BCUT2D eigenvalue weighted by Crippen LogP contribution is -2.40. The Morgan fingerprint density at radius 1 is 1.12 bits per heavy atom. The van der Waals surface area contributed by atoms with Crippen LogP contribution < -0.4 is 16.4 Å². The van der Waals surface area contributed by atoms with E-state index >= 15 is 0 Å². The molecule has 2 rings (SSSR count). The number of rotatable bonds is 7. The third-order valence-corrected chi connectivity index (χ3v) is 4.19. The van der Waals surface area contributed by atoms with Gasteiger partial charge in [0.2, 0.25) is 11.8 Å². The van der Waals surface area contributed by atoms with Crippen LogP contribution in [0.25, 0.3) is 0 Å². The molecule has 0 spiro atoms. The summed E-state index contributed by atoms with van der Waals surface area (Å²) in [4.78, 5) is 28.1. The van der Waals surface area contributed by atoms with Gasteiger partial charge in [-0.1, -0.05) is 20.3 Å². The molecule has 0 bridgehead atoms. The van der Waals surface area contributed by atoms with Crippen LogP contribution in [-0.4, -0.2) is 32.6 Å². The molecule has 2 aromatic rings. The summed E-state index contributed by atoms with van der Waals surface area (Å²) in [6.07, 6.45) is 3.71. The van der Waals surface area contributed by atoms with Crippen molar-refractivity contribution in [2.24, 2.45) is 11.7 Å². The molecular formula is C17H24N6O2. The fourth-order valence-electron chi connectivity index (χ4n) is 2.16. The Balaban J connectivity index is 1.93. The van der Waals surface area contributed by atoms with Gasteiger partial charge >= 0.3 is 0 Å².